The topological polar surface area (TPSA) is 50.4 Å². The van der Waals surface area contributed by atoms with E-state index in [1.54, 1.807) is 0 Å². The Labute approximate surface area is 135 Å². The van der Waals surface area contributed by atoms with Crippen LogP contribution in [0.1, 0.15) is 35.2 Å². The van der Waals surface area contributed by atoms with E-state index in [1.807, 2.05) is 13.0 Å². The molecule has 0 unspecified atom stereocenters. The standard InChI is InChI=1S/C19H20N2O2/c1-2-23-19(22)21-16-11-14-8-5-7-13-10-12-6-3-4-9-15(12)20-18(16)17(13)14/h3-9,16,18,20H,2,10-11H2,1H3,(H,21,22)/t16-,18+/m0/s1. The monoisotopic (exact) mass is 308 g/mol. The normalized spacial score (nSPS) is 20.7. The Hall–Kier alpha value is -2.49. The summed E-state index contributed by atoms with van der Waals surface area (Å²) in [7, 11) is 0. The third-order valence-electron chi connectivity index (χ3n) is 4.73. The van der Waals surface area contributed by atoms with Crippen molar-refractivity contribution in [2.45, 2.75) is 31.8 Å². The van der Waals surface area contributed by atoms with Crippen molar-refractivity contribution in [1.82, 2.24) is 5.32 Å². The summed E-state index contributed by atoms with van der Waals surface area (Å²) in [6, 6.07) is 15.0. The van der Waals surface area contributed by atoms with Gasteiger partial charge >= 0.3 is 6.09 Å². The Morgan fingerprint density at radius 1 is 1.17 bits per heavy atom. The Morgan fingerprint density at radius 2 is 1.96 bits per heavy atom. The minimum Gasteiger partial charge on any atom is -0.450 e. The van der Waals surface area contributed by atoms with Crippen molar-refractivity contribution in [2.75, 3.05) is 11.9 Å². The molecule has 4 nitrogen and oxygen atoms in total. The number of amides is 1. The van der Waals surface area contributed by atoms with Crippen molar-refractivity contribution in [2.24, 2.45) is 0 Å². The largest absolute Gasteiger partial charge is 0.450 e. The summed E-state index contributed by atoms with van der Waals surface area (Å²) in [5.41, 5.74) is 6.45. The van der Waals surface area contributed by atoms with Crippen LogP contribution in [0.5, 0.6) is 0 Å². The third kappa shape index (κ3) is 2.44. The van der Waals surface area contributed by atoms with Gasteiger partial charge in [-0.25, -0.2) is 4.79 Å². The second-order valence-corrected chi connectivity index (χ2v) is 6.12. The molecule has 0 spiro atoms. The summed E-state index contributed by atoms with van der Waals surface area (Å²) in [4.78, 5) is 11.9. The number of anilines is 1. The fourth-order valence-electron chi connectivity index (χ4n) is 3.77. The molecule has 2 atom stereocenters. The minimum atomic E-state index is -0.341. The molecule has 1 heterocycles. The highest BCUT2D eigenvalue weighted by molar-refractivity contribution is 5.69. The van der Waals surface area contributed by atoms with Crippen LogP contribution in [0.15, 0.2) is 42.5 Å². The van der Waals surface area contributed by atoms with Crippen LogP contribution in [0, 0.1) is 0 Å². The molecule has 0 saturated carbocycles. The molecular weight excluding hydrogens is 288 g/mol. The lowest BCUT2D eigenvalue weighted by Crippen LogP contribution is -2.40. The lowest BCUT2D eigenvalue weighted by molar-refractivity contribution is 0.147. The molecule has 0 aromatic heterocycles. The smallest absolute Gasteiger partial charge is 0.407 e. The number of para-hydroxylation sites is 1. The van der Waals surface area contributed by atoms with Gasteiger partial charge < -0.3 is 15.4 Å². The predicted molar refractivity (Wildman–Crippen MR) is 89.7 cm³/mol. The predicted octanol–water partition coefficient (Wildman–Crippen LogP) is 3.41. The fraction of sp³-hybridized carbons (Fsp3) is 0.316. The van der Waals surface area contributed by atoms with Gasteiger partial charge in [0.05, 0.1) is 18.7 Å². The van der Waals surface area contributed by atoms with E-state index in [9.17, 15) is 4.79 Å². The van der Waals surface area contributed by atoms with Crippen LogP contribution in [-0.2, 0) is 17.6 Å². The number of ether oxygens (including phenoxy) is 1. The summed E-state index contributed by atoms with van der Waals surface area (Å²) in [6.45, 7) is 2.21. The Kier molecular flexibility index (Phi) is 3.45. The molecule has 4 rings (SSSR count). The van der Waals surface area contributed by atoms with E-state index >= 15 is 0 Å². The Morgan fingerprint density at radius 3 is 2.83 bits per heavy atom. The molecule has 0 bridgehead atoms. The van der Waals surface area contributed by atoms with Gasteiger partial charge in [0.2, 0.25) is 0 Å². The van der Waals surface area contributed by atoms with E-state index < -0.39 is 0 Å². The molecule has 118 valence electrons. The van der Waals surface area contributed by atoms with E-state index in [-0.39, 0.29) is 18.2 Å². The van der Waals surface area contributed by atoms with Crippen molar-refractivity contribution < 1.29 is 9.53 Å². The van der Waals surface area contributed by atoms with Gasteiger partial charge in [0, 0.05) is 5.69 Å². The molecule has 0 saturated heterocycles. The van der Waals surface area contributed by atoms with Gasteiger partial charge in [0.25, 0.3) is 0 Å². The fourth-order valence-corrected chi connectivity index (χ4v) is 3.77. The number of rotatable bonds is 2. The van der Waals surface area contributed by atoms with Crippen molar-refractivity contribution in [1.29, 1.82) is 0 Å². The number of carbonyl (C=O) groups is 1. The average molecular weight is 308 g/mol. The molecule has 23 heavy (non-hydrogen) atoms. The third-order valence-corrected chi connectivity index (χ3v) is 4.73. The summed E-state index contributed by atoms with van der Waals surface area (Å²) < 4.78 is 5.07. The molecular formula is C19H20N2O2. The number of alkyl carbamates (subject to hydrolysis) is 1. The first kappa shape index (κ1) is 14.1. The second kappa shape index (κ2) is 5.61. The van der Waals surface area contributed by atoms with Crippen molar-refractivity contribution >= 4 is 11.8 Å². The van der Waals surface area contributed by atoms with Crippen LogP contribution < -0.4 is 10.6 Å². The van der Waals surface area contributed by atoms with Gasteiger partial charge in [0.1, 0.15) is 0 Å². The highest BCUT2D eigenvalue weighted by atomic mass is 16.5. The van der Waals surface area contributed by atoms with E-state index in [0.717, 1.165) is 18.5 Å². The Bertz CT molecular complexity index is 757. The second-order valence-electron chi connectivity index (χ2n) is 6.12. The van der Waals surface area contributed by atoms with E-state index in [0.29, 0.717) is 6.61 Å². The van der Waals surface area contributed by atoms with E-state index in [1.165, 1.54) is 22.3 Å². The van der Waals surface area contributed by atoms with E-state index in [4.69, 9.17) is 4.74 Å². The van der Waals surface area contributed by atoms with Crippen LogP contribution in [0.3, 0.4) is 0 Å². The molecule has 4 heteroatoms. The van der Waals surface area contributed by atoms with Gasteiger partial charge in [0.15, 0.2) is 0 Å². The SMILES string of the molecule is CCOC(=O)N[C@H]1Cc2cccc3c2[C@@H]1Nc1ccccc1C3. The number of hydrogen-bond donors (Lipinski definition) is 2. The molecule has 2 N–H and O–H groups in total. The van der Waals surface area contributed by atoms with Crippen LogP contribution >= 0.6 is 0 Å². The first-order valence-electron chi connectivity index (χ1n) is 8.14. The van der Waals surface area contributed by atoms with Gasteiger partial charge in [-0.1, -0.05) is 36.4 Å². The Balaban J connectivity index is 1.72. The first-order valence-corrected chi connectivity index (χ1v) is 8.14. The van der Waals surface area contributed by atoms with Gasteiger partial charge in [-0.2, -0.15) is 0 Å². The highest BCUT2D eigenvalue weighted by Crippen LogP contribution is 2.41. The summed E-state index contributed by atoms with van der Waals surface area (Å²) in [5, 5.41) is 6.67. The highest BCUT2D eigenvalue weighted by Gasteiger charge is 2.37. The maximum Gasteiger partial charge on any atom is 0.407 e. The molecule has 2 aliphatic rings. The zero-order chi connectivity index (χ0) is 15.8. The van der Waals surface area contributed by atoms with E-state index in [2.05, 4.69) is 47.0 Å². The minimum absolute atomic E-state index is 0.0105. The summed E-state index contributed by atoms with van der Waals surface area (Å²) >= 11 is 0. The maximum atomic E-state index is 11.9. The van der Waals surface area contributed by atoms with Crippen LogP contribution in [0.2, 0.25) is 0 Å². The zero-order valence-electron chi connectivity index (χ0n) is 13.1. The lowest BCUT2D eigenvalue weighted by atomic mass is 9.97. The maximum absolute atomic E-state index is 11.9. The summed E-state index contributed by atoms with van der Waals surface area (Å²) in [5.74, 6) is 0. The lowest BCUT2D eigenvalue weighted by Gasteiger charge is -2.23. The summed E-state index contributed by atoms with van der Waals surface area (Å²) in [6.07, 6.45) is 1.42. The molecule has 0 radical (unpaired) electrons. The number of hydrogen-bond acceptors (Lipinski definition) is 3. The van der Waals surface area contributed by atoms with Crippen LogP contribution in [0.4, 0.5) is 10.5 Å². The number of nitrogens with one attached hydrogen (secondary N) is 2. The van der Waals surface area contributed by atoms with Gasteiger partial charge in [-0.3, -0.25) is 0 Å². The van der Waals surface area contributed by atoms with Crippen molar-refractivity contribution in [3.8, 4) is 0 Å². The first-order chi connectivity index (χ1) is 11.3. The molecule has 2 aromatic rings. The molecule has 2 aromatic carbocycles. The molecule has 0 fully saturated rings. The molecule has 1 amide bonds. The zero-order valence-corrected chi connectivity index (χ0v) is 13.1. The van der Waals surface area contributed by atoms with Crippen LogP contribution in [-0.4, -0.2) is 18.7 Å². The quantitative estimate of drug-likeness (QED) is 0.894. The van der Waals surface area contributed by atoms with Crippen molar-refractivity contribution in [3.63, 3.8) is 0 Å². The number of fused-ring (bicyclic) bond motifs is 1. The van der Waals surface area contributed by atoms with Gasteiger partial charge in [-0.05, 0) is 48.1 Å². The number of carbonyl (C=O) groups excluding carboxylic acids is 1. The molecule has 1 aliphatic heterocycles. The average Bonchev–Trinajstić information content (AvgIpc) is 2.77. The van der Waals surface area contributed by atoms with Crippen molar-refractivity contribution in [3.05, 3.63) is 64.7 Å². The van der Waals surface area contributed by atoms with Gasteiger partial charge in [-0.15, -0.1) is 0 Å². The molecule has 1 aliphatic carbocycles. The number of benzene rings is 2. The van der Waals surface area contributed by atoms with Crippen LogP contribution in [0.25, 0.3) is 0 Å².